The highest BCUT2D eigenvalue weighted by atomic mass is 127. The summed E-state index contributed by atoms with van der Waals surface area (Å²) in [6.07, 6.45) is 1.25. The summed E-state index contributed by atoms with van der Waals surface area (Å²) in [5, 5.41) is 3.59. The monoisotopic (exact) mass is 437 g/mol. The van der Waals surface area contributed by atoms with Crippen molar-refractivity contribution in [3.8, 4) is 0 Å². The van der Waals surface area contributed by atoms with Crippen LogP contribution in [0, 0.1) is 5.41 Å². The lowest BCUT2D eigenvalue weighted by Crippen LogP contribution is -2.53. The predicted octanol–water partition coefficient (Wildman–Crippen LogP) is 1.94. The van der Waals surface area contributed by atoms with Crippen LogP contribution in [0.4, 0.5) is 0 Å². The third-order valence-electron chi connectivity index (χ3n) is 5.22. The standard InChI is InChI=1S/C17H35N5.HI/c1-6-20-9-11-21(12-10-20)15(2)13-19-16(18-5)22-8-7-17(3,4)14-22;/h15H,6-14H2,1-5H3,(H,18,19);1H. The summed E-state index contributed by atoms with van der Waals surface area (Å²) in [5.74, 6) is 1.07. The molecule has 0 aromatic rings. The topological polar surface area (TPSA) is 34.1 Å². The Labute approximate surface area is 159 Å². The van der Waals surface area contributed by atoms with Gasteiger partial charge < -0.3 is 15.1 Å². The van der Waals surface area contributed by atoms with Crippen molar-refractivity contribution < 1.29 is 0 Å². The highest BCUT2D eigenvalue weighted by Crippen LogP contribution is 2.28. The van der Waals surface area contributed by atoms with Gasteiger partial charge in [0.25, 0.3) is 0 Å². The first-order valence-electron chi connectivity index (χ1n) is 8.87. The van der Waals surface area contributed by atoms with Gasteiger partial charge in [0.15, 0.2) is 5.96 Å². The number of rotatable bonds is 4. The average molecular weight is 437 g/mol. The maximum absolute atomic E-state index is 4.48. The number of nitrogens with one attached hydrogen (secondary N) is 1. The van der Waals surface area contributed by atoms with Crippen LogP contribution in [0.3, 0.4) is 0 Å². The van der Waals surface area contributed by atoms with Gasteiger partial charge in [-0.25, -0.2) is 0 Å². The minimum absolute atomic E-state index is 0. The molecule has 2 aliphatic rings. The smallest absolute Gasteiger partial charge is 0.193 e. The number of nitrogens with zero attached hydrogens (tertiary/aromatic N) is 4. The van der Waals surface area contributed by atoms with Crippen LogP contribution in [-0.2, 0) is 0 Å². The van der Waals surface area contributed by atoms with Crippen LogP contribution in [0.2, 0.25) is 0 Å². The quantitative estimate of drug-likeness (QED) is 0.414. The average Bonchev–Trinajstić information content (AvgIpc) is 2.88. The fourth-order valence-corrected chi connectivity index (χ4v) is 3.51. The highest BCUT2D eigenvalue weighted by molar-refractivity contribution is 14.0. The number of hydrogen-bond donors (Lipinski definition) is 1. The molecule has 6 heteroatoms. The van der Waals surface area contributed by atoms with Crippen LogP contribution < -0.4 is 5.32 Å². The molecule has 0 radical (unpaired) electrons. The minimum atomic E-state index is 0. The zero-order valence-electron chi connectivity index (χ0n) is 15.6. The van der Waals surface area contributed by atoms with Crippen molar-refractivity contribution in [1.29, 1.82) is 0 Å². The molecule has 0 spiro atoms. The molecule has 0 bridgehead atoms. The maximum atomic E-state index is 4.48. The Morgan fingerprint density at radius 2 is 1.83 bits per heavy atom. The molecule has 2 heterocycles. The van der Waals surface area contributed by atoms with Gasteiger partial charge in [-0.1, -0.05) is 20.8 Å². The molecule has 2 saturated heterocycles. The molecule has 5 nitrogen and oxygen atoms in total. The lowest BCUT2D eigenvalue weighted by molar-refractivity contribution is 0.107. The van der Waals surface area contributed by atoms with Crippen molar-refractivity contribution in [2.75, 3.05) is 59.4 Å². The normalized spacial score (nSPS) is 24.4. The molecular weight excluding hydrogens is 401 g/mol. The van der Waals surface area contributed by atoms with E-state index in [0.29, 0.717) is 11.5 Å². The minimum Gasteiger partial charge on any atom is -0.355 e. The van der Waals surface area contributed by atoms with Crippen LogP contribution in [0.5, 0.6) is 0 Å². The number of hydrogen-bond acceptors (Lipinski definition) is 3. The Bertz CT molecular complexity index is 377. The van der Waals surface area contributed by atoms with E-state index in [9.17, 15) is 0 Å². The second-order valence-electron chi connectivity index (χ2n) is 7.58. The summed E-state index contributed by atoms with van der Waals surface area (Å²) < 4.78 is 0. The molecule has 1 N–H and O–H groups in total. The van der Waals surface area contributed by atoms with Gasteiger partial charge in [0.2, 0.25) is 0 Å². The molecule has 23 heavy (non-hydrogen) atoms. The van der Waals surface area contributed by atoms with E-state index in [1.54, 1.807) is 0 Å². The van der Waals surface area contributed by atoms with Crippen molar-refractivity contribution in [3.05, 3.63) is 0 Å². The Hall–Kier alpha value is -0.0800. The fraction of sp³-hybridized carbons (Fsp3) is 0.941. The molecule has 2 aliphatic heterocycles. The summed E-state index contributed by atoms with van der Waals surface area (Å²) in [6, 6.07) is 0.561. The highest BCUT2D eigenvalue weighted by Gasteiger charge is 2.31. The van der Waals surface area contributed by atoms with Crippen LogP contribution >= 0.6 is 24.0 Å². The Balaban J connectivity index is 0.00000264. The van der Waals surface area contributed by atoms with Gasteiger partial charge in [-0.05, 0) is 25.3 Å². The first-order valence-corrected chi connectivity index (χ1v) is 8.87. The van der Waals surface area contributed by atoms with E-state index in [1.165, 1.54) is 39.1 Å². The van der Waals surface area contributed by atoms with Crippen LogP contribution in [0.1, 0.15) is 34.1 Å². The molecule has 0 saturated carbocycles. The van der Waals surface area contributed by atoms with E-state index in [2.05, 4.69) is 52.7 Å². The Morgan fingerprint density at radius 1 is 1.17 bits per heavy atom. The summed E-state index contributed by atoms with van der Waals surface area (Å²) in [4.78, 5) is 12.0. The fourth-order valence-electron chi connectivity index (χ4n) is 3.51. The van der Waals surface area contributed by atoms with Crippen molar-refractivity contribution in [2.24, 2.45) is 10.4 Å². The van der Waals surface area contributed by atoms with Crippen LogP contribution in [-0.4, -0.2) is 86.1 Å². The first kappa shape index (κ1) is 21.0. The van der Waals surface area contributed by atoms with Crippen molar-refractivity contribution in [3.63, 3.8) is 0 Å². The molecule has 0 aliphatic carbocycles. The van der Waals surface area contributed by atoms with Gasteiger partial charge in [-0.15, -0.1) is 24.0 Å². The SMILES string of the molecule is CCN1CCN(C(C)CNC(=NC)N2CCC(C)(C)C2)CC1.I. The molecular formula is C17H36IN5. The second-order valence-corrected chi connectivity index (χ2v) is 7.58. The summed E-state index contributed by atoms with van der Waals surface area (Å²) in [5.41, 5.74) is 0.416. The van der Waals surface area contributed by atoms with Crippen molar-refractivity contribution in [2.45, 2.75) is 40.2 Å². The molecule has 0 aromatic heterocycles. The molecule has 2 rings (SSSR count). The first-order chi connectivity index (χ1) is 10.4. The zero-order valence-corrected chi connectivity index (χ0v) is 18.0. The van der Waals surface area contributed by atoms with Gasteiger partial charge in [0.1, 0.15) is 0 Å². The van der Waals surface area contributed by atoms with E-state index in [4.69, 9.17) is 0 Å². The zero-order chi connectivity index (χ0) is 16.2. The molecule has 136 valence electrons. The number of likely N-dealkylation sites (tertiary alicyclic amines) is 1. The van der Waals surface area contributed by atoms with Gasteiger partial charge in [-0.3, -0.25) is 9.89 Å². The summed E-state index contributed by atoms with van der Waals surface area (Å²) >= 11 is 0. The van der Waals surface area contributed by atoms with E-state index >= 15 is 0 Å². The lowest BCUT2D eigenvalue weighted by atomic mass is 9.93. The molecule has 1 unspecified atom stereocenters. The van der Waals surface area contributed by atoms with E-state index < -0.39 is 0 Å². The summed E-state index contributed by atoms with van der Waals surface area (Å²) in [6.45, 7) is 18.4. The number of piperazine rings is 1. The van der Waals surface area contributed by atoms with Gasteiger partial charge >= 0.3 is 0 Å². The van der Waals surface area contributed by atoms with Crippen LogP contribution in [0.25, 0.3) is 0 Å². The Morgan fingerprint density at radius 3 is 2.30 bits per heavy atom. The van der Waals surface area contributed by atoms with Gasteiger partial charge in [-0.2, -0.15) is 0 Å². The van der Waals surface area contributed by atoms with Crippen LogP contribution in [0.15, 0.2) is 4.99 Å². The van der Waals surface area contributed by atoms with Gasteiger partial charge in [0.05, 0.1) is 0 Å². The number of aliphatic imine (C=N–C) groups is 1. The molecule has 1 atom stereocenters. The third kappa shape index (κ3) is 6.05. The molecule has 0 aromatic carbocycles. The van der Waals surface area contributed by atoms with E-state index in [-0.39, 0.29) is 24.0 Å². The maximum Gasteiger partial charge on any atom is 0.193 e. The number of halogens is 1. The number of likely N-dealkylation sites (N-methyl/N-ethyl adjacent to an activating group) is 1. The third-order valence-corrected chi connectivity index (χ3v) is 5.22. The Kier molecular flexibility index (Phi) is 8.58. The van der Waals surface area contributed by atoms with E-state index in [1.807, 2.05) is 7.05 Å². The number of guanidine groups is 1. The largest absolute Gasteiger partial charge is 0.355 e. The lowest BCUT2D eigenvalue weighted by Gasteiger charge is -2.38. The van der Waals surface area contributed by atoms with Crippen molar-refractivity contribution in [1.82, 2.24) is 20.0 Å². The predicted molar refractivity (Wildman–Crippen MR) is 110 cm³/mol. The van der Waals surface area contributed by atoms with Crippen molar-refractivity contribution >= 4 is 29.9 Å². The summed E-state index contributed by atoms with van der Waals surface area (Å²) in [7, 11) is 1.90. The molecule has 2 fully saturated rings. The second kappa shape index (κ2) is 9.42. The van der Waals surface area contributed by atoms with E-state index in [0.717, 1.165) is 25.6 Å². The van der Waals surface area contributed by atoms with Gasteiger partial charge in [0, 0.05) is 58.9 Å². The molecule has 0 amide bonds.